The van der Waals surface area contributed by atoms with Gasteiger partial charge in [0, 0.05) is 49.6 Å². The minimum absolute atomic E-state index is 0. The van der Waals surface area contributed by atoms with E-state index in [0.29, 0.717) is 0 Å². The van der Waals surface area contributed by atoms with E-state index in [4.69, 9.17) is 0 Å². The van der Waals surface area contributed by atoms with Gasteiger partial charge in [0.15, 0.2) is 0 Å². The Hall–Kier alpha value is -4.91. The van der Waals surface area contributed by atoms with Crippen LogP contribution >= 0.6 is 0 Å². The summed E-state index contributed by atoms with van der Waals surface area (Å²) >= 11 is 0. The second-order valence-electron chi connectivity index (χ2n) is 7.90. The average molecular weight is 745 g/mol. The molecular weight excluding hydrogens is 719 g/mol. The van der Waals surface area contributed by atoms with E-state index in [-0.39, 0.29) is 19.5 Å². The van der Waals surface area contributed by atoms with Crippen molar-refractivity contribution in [3.8, 4) is 22.8 Å². The molecule has 0 saturated carbocycles. The maximum absolute atomic E-state index is 9.75. The summed E-state index contributed by atoms with van der Waals surface area (Å²) in [5.74, 6) is 0. The molecule has 6 aromatic rings. The molecule has 0 aliphatic rings. The molecule has 0 aromatic carbocycles. The minimum Gasteiger partial charge on any atom is -0.418 e. The smallest absolute Gasteiger partial charge is 0.418 e. The van der Waals surface area contributed by atoms with Crippen LogP contribution in [-0.4, -0.2) is 44.4 Å². The van der Waals surface area contributed by atoms with E-state index in [0.717, 1.165) is 22.8 Å². The van der Waals surface area contributed by atoms with Gasteiger partial charge in [-0.15, -0.1) is 0 Å². The fourth-order valence-corrected chi connectivity index (χ4v) is 2.69. The van der Waals surface area contributed by atoms with Gasteiger partial charge in [-0.25, -0.2) is 4.98 Å². The summed E-state index contributed by atoms with van der Waals surface area (Å²) < 4.78 is 78.0. The fraction of sp³-hybridized carbons (Fsp3) is 0. The fourth-order valence-electron chi connectivity index (χ4n) is 2.69. The van der Waals surface area contributed by atoms with E-state index in [1.165, 1.54) is 0 Å². The quantitative estimate of drug-likeness (QED) is 0.130. The predicted octanol–water partition coefficient (Wildman–Crippen LogP) is 9.05. The normalized spacial score (nSPS) is 9.53. The molecule has 47 heavy (non-hydrogen) atoms. The van der Waals surface area contributed by atoms with Crippen LogP contribution in [-0.2, 0) is 19.5 Å². The SMILES string of the molecule is F[B-](F)(F)F.F[B-](F)(F)F.[Ru+2].c1ccc(-c2cccc(-c3ccccn3)n2)nc1.c1ccncc1.c1ccncc1.c1ccncc1. The average Bonchev–Trinajstić information content (AvgIpc) is 3.07. The van der Waals surface area contributed by atoms with E-state index in [1.807, 2.05) is 109 Å². The van der Waals surface area contributed by atoms with Gasteiger partial charge in [0.25, 0.3) is 0 Å². The molecule has 246 valence electrons. The molecule has 0 amide bonds. The van der Waals surface area contributed by atoms with Crippen LogP contribution in [0.25, 0.3) is 22.8 Å². The zero-order chi connectivity index (χ0) is 33.9. The number of hydrogen-bond acceptors (Lipinski definition) is 6. The zero-order valence-corrected chi connectivity index (χ0v) is 26.0. The third kappa shape index (κ3) is 28.3. The Kier molecular flexibility index (Phi) is 22.7. The summed E-state index contributed by atoms with van der Waals surface area (Å²) in [6.07, 6.45) is 14.0. The molecule has 6 aromatic heterocycles. The number of pyridine rings is 6. The van der Waals surface area contributed by atoms with Gasteiger partial charge in [0.1, 0.15) is 0 Å². The molecule has 0 aliphatic heterocycles. The van der Waals surface area contributed by atoms with Crippen LogP contribution in [0.5, 0.6) is 0 Å². The largest absolute Gasteiger partial charge is 2.00 e. The molecule has 0 fully saturated rings. The number of rotatable bonds is 2. The second-order valence-corrected chi connectivity index (χ2v) is 7.90. The van der Waals surface area contributed by atoms with Gasteiger partial charge in [-0.2, -0.15) is 0 Å². The topological polar surface area (TPSA) is 77.3 Å². The molecule has 6 heterocycles. The van der Waals surface area contributed by atoms with E-state index >= 15 is 0 Å². The second kappa shape index (κ2) is 25.3. The third-order valence-electron chi connectivity index (χ3n) is 4.30. The van der Waals surface area contributed by atoms with Crippen LogP contribution < -0.4 is 0 Å². The molecule has 0 bridgehead atoms. The van der Waals surface area contributed by atoms with Gasteiger partial charge >= 0.3 is 34.0 Å². The van der Waals surface area contributed by atoms with Crippen molar-refractivity contribution in [3.05, 3.63) is 159 Å². The first-order chi connectivity index (χ1) is 21.9. The molecule has 0 atom stereocenters. The summed E-state index contributed by atoms with van der Waals surface area (Å²) in [4.78, 5) is 24.5. The van der Waals surface area contributed by atoms with Crippen LogP contribution in [0, 0.1) is 0 Å². The van der Waals surface area contributed by atoms with Crippen LogP contribution in [0.2, 0.25) is 0 Å². The van der Waals surface area contributed by atoms with Gasteiger partial charge in [0.2, 0.25) is 0 Å². The van der Waals surface area contributed by atoms with Crippen molar-refractivity contribution < 1.29 is 54.0 Å². The predicted molar refractivity (Wildman–Crippen MR) is 164 cm³/mol. The van der Waals surface area contributed by atoms with Crippen molar-refractivity contribution in [2.24, 2.45) is 0 Å². The van der Waals surface area contributed by atoms with Gasteiger partial charge in [-0.05, 0) is 72.8 Å². The van der Waals surface area contributed by atoms with Gasteiger partial charge in [-0.1, -0.05) is 36.4 Å². The molecular formula is C30H26B2F8N6Ru. The van der Waals surface area contributed by atoms with Crippen molar-refractivity contribution >= 4 is 14.5 Å². The molecule has 6 nitrogen and oxygen atoms in total. The van der Waals surface area contributed by atoms with Gasteiger partial charge < -0.3 is 34.5 Å². The van der Waals surface area contributed by atoms with E-state index < -0.39 is 14.5 Å². The van der Waals surface area contributed by atoms with Crippen molar-refractivity contribution in [1.29, 1.82) is 0 Å². The van der Waals surface area contributed by atoms with Gasteiger partial charge in [-0.3, -0.25) is 24.9 Å². The van der Waals surface area contributed by atoms with Gasteiger partial charge in [0.05, 0.1) is 22.8 Å². The summed E-state index contributed by atoms with van der Waals surface area (Å²) in [6.45, 7) is 0. The Morgan fingerprint density at radius 2 is 0.574 bits per heavy atom. The Morgan fingerprint density at radius 3 is 0.766 bits per heavy atom. The first-order valence-electron chi connectivity index (χ1n) is 13.0. The summed E-state index contributed by atoms with van der Waals surface area (Å²) in [7, 11) is -12.0. The minimum atomic E-state index is -6.00. The number of aromatic nitrogens is 6. The number of halogens is 8. The van der Waals surface area contributed by atoms with Crippen molar-refractivity contribution in [2.45, 2.75) is 0 Å². The summed E-state index contributed by atoms with van der Waals surface area (Å²) in [5.41, 5.74) is 3.46. The zero-order valence-electron chi connectivity index (χ0n) is 24.2. The van der Waals surface area contributed by atoms with E-state index in [2.05, 4.69) is 29.9 Å². The molecule has 0 radical (unpaired) electrons. The Bertz CT molecular complexity index is 1300. The van der Waals surface area contributed by atoms with Crippen LogP contribution in [0.4, 0.5) is 34.5 Å². The number of nitrogens with zero attached hydrogens (tertiary/aromatic N) is 6. The Morgan fingerprint density at radius 1 is 0.319 bits per heavy atom. The van der Waals surface area contributed by atoms with E-state index in [1.54, 1.807) is 49.6 Å². The third-order valence-corrected chi connectivity index (χ3v) is 4.30. The molecule has 0 saturated heterocycles. The maximum atomic E-state index is 9.75. The van der Waals surface area contributed by atoms with Crippen LogP contribution in [0.1, 0.15) is 0 Å². The molecule has 0 aliphatic carbocycles. The first kappa shape index (κ1) is 42.1. The van der Waals surface area contributed by atoms with Crippen molar-refractivity contribution in [3.63, 3.8) is 0 Å². The number of hydrogen-bond donors (Lipinski definition) is 0. The molecule has 0 unspecified atom stereocenters. The first-order valence-corrected chi connectivity index (χ1v) is 13.0. The Balaban J connectivity index is 0.000000607. The van der Waals surface area contributed by atoms with Crippen LogP contribution in [0.15, 0.2) is 159 Å². The maximum Gasteiger partial charge on any atom is 2.00 e. The standard InChI is InChI=1S/C15H11N3.3C5H5N.2BF4.Ru/c1-3-10-16-12(6-1)14-8-5-9-15(18-14)13-7-2-4-11-17-13;3*1-2-4-6-5-3-1;2*2-1(3,4)5;/h1-11H;3*1-5H;;;/q;;;;2*-1;+2. The molecule has 6 rings (SSSR count). The molecule has 0 spiro atoms. The summed E-state index contributed by atoms with van der Waals surface area (Å²) in [6, 6.07) is 34.6. The molecule has 0 N–H and O–H groups in total. The monoisotopic (exact) mass is 746 g/mol. The van der Waals surface area contributed by atoms with E-state index in [9.17, 15) is 34.5 Å². The van der Waals surface area contributed by atoms with Crippen molar-refractivity contribution in [2.75, 3.05) is 0 Å². The molecule has 17 heteroatoms. The Labute approximate surface area is 279 Å². The summed E-state index contributed by atoms with van der Waals surface area (Å²) in [5, 5.41) is 0. The van der Waals surface area contributed by atoms with Crippen LogP contribution in [0.3, 0.4) is 0 Å². The van der Waals surface area contributed by atoms with Crippen molar-refractivity contribution in [1.82, 2.24) is 29.9 Å².